The molecule has 0 saturated heterocycles. The Morgan fingerprint density at radius 3 is 2.50 bits per heavy atom. The first-order chi connectivity index (χ1) is 5.72. The number of carbonyl (C=O) groups excluding carboxylic acids is 1. The average molecular weight is 174 g/mol. The maximum atomic E-state index is 10.8. The third-order valence-corrected chi connectivity index (χ3v) is 1.17. The van der Waals surface area contributed by atoms with Crippen LogP contribution >= 0.6 is 0 Å². The van der Waals surface area contributed by atoms with Crippen molar-refractivity contribution in [3.63, 3.8) is 0 Å². The van der Waals surface area contributed by atoms with Crippen molar-refractivity contribution >= 4 is 5.97 Å². The fraction of sp³-hybridized carbons (Fsp3) is 0.625. The molecule has 4 heteroatoms. The molecule has 0 amide bonds. The number of hydrogen-bond donors (Lipinski definition) is 0. The van der Waals surface area contributed by atoms with Gasteiger partial charge in [-0.05, 0) is 6.92 Å². The minimum absolute atomic E-state index is 0.382. The molecule has 0 saturated carbocycles. The minimum atomic E-state index is -0.382. The van der Waals surface area contributed by atoms with Crippen molar-refractivity contribution in [2.24, 2.45) is 0 Å². The van der Waals surface area contributed by atoms with E-state index in [0.717, 1.165) is 0 Å². The molecule has 0 bridgehead atoms. The standard InChI is InChI=1S/C8H14O4/c1-7(8(9)11-3)6-12-5-4-10-2/h6H,4-5H2,1-3H3. The topological polar surface area (TPSA) is 44.8 Å². The van der Waals surface area contributed by atoms with Gasteiger partial charge in [0.25, 0.3) is 0 Å². The Morgan fingerprint density at radius 2 is 2.00 bits per heavy atom. The van der Waals surface area contributed by atoms with Crippen molar-refractivity contribution in [2.45, 2.75) is 6.92 Å². The lowest BCUT2D eigenvalue weighted by atomic mass is 10.3. The Bertz CT molecular complexity index is 162. The van der Waals surface area contributed by atoms with Gasteiger partial charge in [0.05, 0.1) is 25.6 Å². The van der Waals surface area contributed by atoms with E-state index in [1.165, 1.54) is 13.4 Å². The third kappa shape index (κ3) is 4.73. The minimum Gasteiger partial charge on any atom is -0.498 e. The molecule has 0 radical (unpaired) electrons. The zero-order valence-corrected chi connectivity index (χ0v) is 7.62. The lowest BCUT2D eigenvalue weighted by molar-refractivity contribution is -0.136. The van der Waals surface area contributed by atoms with Crippen LogP contribution in [-0.2, 0) is 19.0 Å². The summed E-state index contributed by atoms with van der Waals surface area (Å²) in [7, 11) is 2.91. The van der Waals surface area contributed by atoms with Crippen LogP contribution in [0.25, 0.3) is 0 Å². The molecule has 0 N–H and O–H groups in total. The van der Waals surface area contributed by atoms with Crippen LogP contribution in [0.5, 0.6) is 0 Å². The van der Waals surface area contributed by atoms with Crippen LogP contribution < -0.4 is 0 Å². The number of rotatable bonds is 5. The lowest BCUT2D eigenvalue weighted by Crippen LogP contribution is -2.03. The molecule has 0 aromatic heterocycles. The SMILES string of the molecule is COCCOC=C(C)C(=O)OC. The summed E-state index contributed by atoms with van der Waals surface area (Å²) in [4.78, 5) is 10.8. The highest BCUT2D eigenvalue weighted by Gasteiger charge is 2.01. The van der Waals surface area contributed by atoms with E-state index in [4.69, 9.17) is 9.47 Å². The highest BCUT2D eigenvalue weighted by atomic mass is 16.5. The monoisotopic (exact) mass is 174 g/mol. The molecule has 0 aliphatic rings. The summed E-state index contributed by atoms with van der Waals surface area (Å²) in [5.74, 6) is -0.382. The second-order valence-electron chi connectivity index (χ2n) is 2.16. The van der Waals surface area contributed by atoms with Crippen LogP contribution in [0, 0.1) is 0 Å². The van der Waals surface area contributed by atoms with Gasteiger partial charge in [-0.3, -0.25) is 0 Å². The molecular weight excluding hydrogens is 160 g/mol. The van der Waals surface area contributed by atoms with Gasteiger partial charge < -0.3 is 14.2 Å². The summed E-state index contributed by atoms with van der Waals surface area (Å²) >= 11 is 0. The number of ether oxygens (including phenoxy) is 3. The summed E-state index contributed by atoms with van der Waals surface area (Å²) in [5, 5.41) is 0. The number of hydrogen-bond acceptors (Lipinski definition) is 4. The van der Waals surface area contributed by atoms with E-state index in [9.17, 15) is 4.79 Å². The number of carbonyl (C=O) groups is 1. The maximum absolute atomic E-state index is 10.8. The molecular formula is C8H14O4. The quantitative estimate of drug-likeness (QED) is 0.267. The fourth-order valence-corrected chi connectivity index (χ4v) is 0.524. The molecule has 4 nitrogen and oxygen atoms in total. The normalized spacial score (nSPS) is 11.1. The van der Waals surface area contributed by atoms with Crippen molar-refractivity contribution in [3.05, 3.63) is 11.8 Å². The van der Waals surface area contributed by atoms with Gasteiger partial charge in [0, 0.05) is 7.11 Å². The molecule has 0 aromatic rings. The Labute approximate surface area is 72.1 Å². The molecule has 0 heterocycles. The smallest absolute Gasteiger partial charge is 0.336 e. The van der Waals surface area contributed by atoms with Crippen molar-refractivity contribution < 1.29 is 19.0 Å². The molecule has 0 atom stereocenters. The largest absolute Gasteiger partial charge is 0.498 e. The summed E-state index contributed by atoms with van der Waals surface area (Å²) in [6, 6.07) is 0. The van der Waals surface area contributed by atoms with E-state index < -0.39 is 0 Å². The van der Waals surface area contributed by atoms with E-state index in [1.54, 1.807) is 14.0 Å². The van der Waals surface area contributed by atoms with Gasteiger partial charge in [0.15, 0.2) is 0 Å². The molecule has 0 rings (SSSR count). The summed E-state index contributed by atoms with van der Waals surface area (Å²) < 4.78 is 14.2. The predicted octanol–water partition coefficient (Wildman–Crippen LogP) is 0.726. The van der Waals surface area contributed by atoms with E-state index in [-0.39, 0.29) is 5.97 Å². The molecule has 0 spiro atoms. The fourth-order valence-electron chi connectivity index (χ4n) is 0.524. The van der Waals surface area contributed by atoms with Crippen molar-refractivity contribution in [2.75, 3.05) is 27.4 Å². The summed E-state index contributed by atoms with van der Waals surface area (Å²) in [6.07, 6.45) is 1.37. The van der Waals surface area contributed by atoms with Crippen LogP contribution in [-0.4, -0.2) is 33.4 Å². The summed E-state index contributed by atoms with van der Waals surface area (Å²) in [6.45, 7) is 2.56. The van der Waals surface area contributed by atoms with Crippen LogP contribution in [0.15, 0.2) is 11.8 Å². The maximum Gasteiger partial charge on any atom is 0.336 e. The van der Waals surface area contributed by atoms with Gasteiger partial charge in [0.1, 0.15) is 6.61 Å². The predicted molar refractivity (Wildman–Crippen MR) is 43.6 cm³/mol. The van der Waals surface area contributed by atoms with Crippen LogP contribution in [0.1, 0.15) is 6.92 Å². The van der Waals surface area contributed by atoms with Gasteiger partial charge >= 0.3 is 5.97 Å². The number of esters is 1. The Kier molecular flexibility index (Phi) is 6.09. The highest BCUT2D eigenvalue weighted by molar-refractivity contribution is 5.87. The lowest BCUT2D eigenvalue weighted by Gasteiger charge is -2.01. The molecule has 0 unspecified atom stereocenters. The molecule has 0 aromatic carbocycles. The van der Waals surface area contributed by atoms with E-state index in [1.807, 2.05) is 0 Å². The van der Waals surface area contributed by atoms with Crippen molar-refractivity contribution in [3.8, 4) is 0 Å². The second kappa shape index (κ2) is 6.67. The van der Waals surface area contributed by atoms with Crippen LogP contribution in [0.2, 0.25) is 0 Å². The summed E-state index contributed by atoms with van der Waals surface area (Å²) in [5.41, 5.74) is 0.439. The first kappa shape index (κ1) is 11.0. The highest BCUT2D eigenvalue weighted by Crippen LogP contribution is 1.95. The Hall–Kier alpha value is -1.03. The second-order valence-corrected chi connectivity index (χ2v) is 2.16. The van der Waals surface area contributed by atoms with E-state index in [2.05, 4.69) is 4.74 Å². The Morgan fingerprint density at radius 1 is 1.33 bits per heavy atom. The van der Waals surface area contributed by atoms with Crippen LogP contribution in [0.4, 0.5) is 0 Å². The molecule has 0 fully saturated rings. The average Bonchev–Trinajstić information content (AvgIpc) is 2.10. The molecule has 12 heavy (non-hydrogen) atoms. The van der Waals surface area contributed by atoms with Gasteiger partial charge in [0.2, 0.25) is 0 Å². The van der Waals surface area contributed by atoms with Crippen LogP contribution in [0.3, 0.4) is 0 Å². The zero-order valence-electron chi connectivity index (χ0n) is 7.62. The molecule has 0 aliphatic heterocycles. The van der Waals surface area contributed by atoms with Crippen molar-refractivity contribution in [1.82, 2.24) is 0 Å². The Balaban J connectivity index is 3.61. The molecule has 70 valence electrons. The van der Waals surface area contributed by atoms with Crippen molar-refractivity contribution in [1.29, 1.82) is 0 Å². The first-order valence-corrected chi connectivity index (χ1v) is 3.58. The van der Waals surface area contributed by atoms with E-state index >= 15 is 0 Å². The molecule has 0 aliphatic carbocycles. The van der Waals surface area contributed by atoms with Gasteiger partial charge in [-0.15, -0.1) is 0 Å². The zero-order chi connectivity index (χ0) is 9.40. The number of methoxy groups -OCH3 is 2. The van der Waals surface area contributed by atoms with Gasteiger partial charge in [-0.25, -0.2) is 4.79 Å². The third-order valence-electron chi connectivity index (χ3n) is 1.17. The first-order valence-electron chi connectivity index (χ1n) is 3.58. The van der Waals surface area contributed by atoms with Gasteiger partial charge in [-0.2, -0.15) is 0 Å². The van der Waals surface area contributed by atoms with Gasteiger partial charge in [-0.1, -0.05) is 0 Å². The van der Waals surface area contributed by atoms with E-state index in [0.29, 0.717) is 18.8 Å².